The second kappa shape index (κ2) is 7.69. The predicted octanol–water partition coefficient (Wildman–Crippen LogP) is 0.796. The Morgan fingerprint density at radius 1 is 1.11 bits per heavy atom. The van der Waals surface area contributed by atoms with E-state index in [0.717, 1.165) is 5.69 Å². The third kappa shape index (κ3) is 3.79. The molecule has 1 amide bonds. The van der Waals surface area contributed by atoms with Crippen molar-refractivity contribution in [2.45, 2.75) is 13.5 Å². The van der Waals surface area contributed by atoms with Gasteiger partial charge in [0.25, 0.3) is 17.0 Å². The number of nitrogens with zero attached hydrogens (tertiary/aromatic N) is 4. The molecule has 2 aromatic heterocycles. The number of hydrazone groups is 1. The van der Waals surface area contributed by atoms with Gasteiger partial charge in [-0.15, -0.1) is 0 Å². The maximum atomic E-state index is 12.5. The molecule has 0 saturated carbocycles. The van der Waals surface area contributed by atoms with E-state index in [4.69, 9.17) is 0 Å². The smallest absolute Gasteiger partial charge is 0.274 e. The normalized spacial score (nSPS) is 11.0. The van der Waals surface area contributed by atoms with E-state index in [0.29, 0.717) is 11.3 Å². The molecule has 0 saturated heterocycles. The number of pyridine rings is 1. The number of rotatable bonds is 5. The summed E-state index contributed by atoms with van der Waals surface area (Å²) in [6.07, 6.45) is 2.95. The SMILES string of the molecule is Cc1c(/C=N\NC(=O)Cn2ccccc2=O)n(C)n(-c2ccccc2)c1=O. The van der Waals surface area contributed by atoms with Crippen LogP contribution in [0.15, 0.2) is 69.4 Å². The molecule has 27 heavy (non-hydrogen) atoms. The highest BCUT2D eigenvalue weighted by molar-refractivity contribution is 5.82. The quantitative estimate of drug-likeness (QED) is 0.536. The van der Waals surface area contributed by atoms with E-state index in [1.54, 1.807) is 30.8 Å². The van der Waals surface area contributed by atoms with Gasteiger partial charge >= 0.3 is 0 Å². The fraction of sp³-hybridized carbons (Fsp3) is 0.158. The van der Waals surface area contributed by atoms with E-state index in [1.165, 1.54) is 27.7 Å². The van der Waals surface area contributed by atoms with Crippen molar-refractivity contribution in [3.05, 3.63) is 86.7 Å². The highest BCUT2D eigenvalue weighted by atomic mass is 16.2. The van der Waals surface area contributed by atoms with E-state index in [1.807, 2.05) is 30.3 Å². The molecule has 0 aliphatic carbocycles. The number of hydrogen-bond donors (Lipinski definition) is 1. The number of nitrogens with one attached hydrogen (secondary N) is 1. The number of carbonyl (C=O) groups is 1. The molecule has 0 bridgehead atoms. The lowest BCUT2D eigenvalue weighted by atomic mass is 10.3. The molecule has 1 aromatic carbocycles. The first-order valence-corrected chi connectivity index (χ1v) is 8.30. The first-order valence-electron chi connectivity index (χ1n) is 8.30. The zero-order valence-corrected chi connectivity index (χ0v) is 15.0. The van der Waals surface area contributed by atoms with Gasteiger partial charge in [-0.05, 0) is 25.1 Å². The highest BCUT2D eigenvalue weighted by Crippen LogP contribution is 2.08. The maximum Gasteiger partial charge on any atom is 0.274 e. The van der Waals surface area contributed by atoms with Crippen LogP contribution in [0.2, 0.25) is 0 Å². The van der Waals surface area contributed by atoms with E-state index in [2.05, 4.69) is 10.5 Å². The summed E-state index contributed by atoms with van der Waals surface area (Å²) in [5.41, 5.74) is 3.77. The second-order valence-electron chi connectivity index (χ2n) is 5.95. The topological polar surface area (TPSA) is 90.4 Å². The molecule has 138 valence electrons. The number of hydrogen-bond acceptors (Lipinski definition) is 4. The van der Waals surface area contributed by atoms with Crippen LogP contribution in [0.25, 0.3) is 5.69 Å². The Balaban J connectivity index is 1.78. The van der Waals surface area contributed by atoms with Crippen LogP contribution in [0.4, 0.5) is 0 Å². The van der Waals surface area contributed by atoms with Gasteiger partial charge in [-0.3, -0.25) is 19.1 Å². The molecular formula is C19H19N5O3. The molecule has 0 fully saturated rings. The Bertz CT molecular complexity index is 1110. The largest absolute Gasteiger partial charge is 0.306 e. The van der Waals surface area contributed by atoms with Crippen molar-refractivity contribution in [3.63, 3.8) is 0 Å². The van der Waals surface area contributed by atoms with Crippen molar-refractivity contribution in [1.29, 1.82) is 0 Å². The summed E-state index contributed by atoms with van der Waals surface area (Å²) in [7, 11) is 1.74. The summed E-state index contributed by atoms with van der Waals surface area (Å²) in [5, 5.41) is 3.92. The van der Waals surface area contributed by atoms with Gasteiger partial charge < -0.3 is 4.57 Å². The van der Waals surface area contributed by atoms with E-state index < -0.39 is 5.91 Å². The van der Waals surface area contributed by atoms with Crippen LogP contribution in [0.1, 0.15) is 11.3 Å². The molecule has 0 radical (unpaired) electrons. The lowest BCUT2D eigenvalue weighted by Gasteiger charge is -2.08. The van der Waals surface area contributed by atoms with Crippen LogP contribution < -0.4 is 16.5 Å². The summed E-state index contributed by atoms with van der Waals surface area (Å²) in [6.45, 7) is 1.56. The number of benzene rings is 1. The number of carbonyl (C=O) groups excluding carboxylic acids is 1. The summed E-state index contributed by atoms with van der Waals surface area (Å²) in [4.78, 5) is 36.1. The van der Waals surface area contributed by atoms with E-state index >= 15 is 0 Å². The van der Waals surface area contributed by atoms with Crippen LogP contribution in [0.5, 0.6) is 0 Å². The van der Waals surface area contributed by atoms with Crippen LogP contribution in [-0.4, -0.2) is 26.1 Å². The monoisotopic (exact) mass is 365 g/mol. The Hall–Kier alpha value is -3.68. The van der Waals surface area contributed by atoms with E-state index in [9.17, 15) is 14.4 Å². The third-order valence-corrected chi connectivity index (χ3v) is 4.14. The molecule has 0 unspecified atom stereocenters. The van der Waals surface area contributed by atoms with Crippen LogP contribution in [0.3, 0.4) is 0 Å². The van der Waals surface area contributed by atoms with E-state index in [-0.39, 0.29) is 17.7 Å². The summed E-state index contributed by atoms with van der Waals surface area (Å²) < 4.78 is 4.48. The predicted molar refractivity (Wildman–Crippen MR) is 102 cm³/mol. The Labute approximate surface area is 155 Å². The van der Waals surface area contributed by atoms with Gasteiger partial charge in [0, 0.05) is 24.9 Å². The molecule has 0 aliphatic rings. The molecule has 3 aromatic rings. The highest BCUT2D eigenvalue weighted by Gasteiger charge is 2.14. The molecule has 8 nitrogen and oxygen atoms in total. The summed E-state index contributed by atoms with van der Waals surface area (Å²) >= 11 is 0. The minimum Gasteiger partial charge on any atom is -0.306 e. The first kappa shape index (κ1) is 18.1. The Morgan fingerprint density at radius 3 is 2.52 bits per heavy atom. The van der Waals surface area contributed by atoms with Gasteiger partial charge in [0.1, 0.15) is 6.54 Å². The molecule has 0 atom stereocenters. The van der Waals surface area contributed by atoms with Gasteiger partial charge in [-0.25, -0.2) is 10.1 Å². The Kier molecular flexibility index (Phi) is 5.16. The lowest BCUT2D eigenvalue weighted by molar-refractivity contribution is -0.121. The van der Waals surface area contributed by atoms with Crippen molar-refractivity contribution < 1.29 is 4.79 Å². The fourth-order valence-corrected chi connectivity index (χ4v) is 2.74. The van der Waals surface area contributed by atoms with Gasteiger partial charge in [0.15, 0.2) is 0 Å². The van der Waals surface area contributed by atoms with Gasteiger partial charge in [-0.1, -0.05) is 24.3 Å². The lowest BCUT2D eigenvalue weighted by Crippen LogP contribution is -2.29. The molecule has 1 N–H and O–H groups in total. The zero-order chi connectivity index (χ0) is 19.4. The van der Waals surface area contributed by atoms with Crippen molar-refractivity contribution in [1.82, 2.24) is 19.4 Å². The molecular weight excluding hydrogens is 346 g/mol. The standard InChI is InChI=1S/C19H19N5O3/c1-14-16(22(2)24(19(14)27)15-8-4-3-5-9-15)12-20-21-17(25)13-23-11-7-6-10-18(23)26/h3-12H,13H2,1-2H3,(H,21,25)/b20-12-. The number of amides is 1. The molecule has 3 rings (SSSR count). The average Bonchev–Trinajstić information content (AvgIpc) is 2.87. The fourth-order valence-electron chi connectivity index (χ4n) is 2.74. The minimum atomic E-state index is -0.440. The molecule has 0 spiro atoms. The van der Waals surface area contributed by atoms with Gasteiger partial charge in [-0.2, -0.15) is 5.10 Å². The maximum absolute atomic E-state index is 12.5. The van der Waals surface area contributed by atoms with Crippen LogP contribution in [-0.2, 0) is 18.4 Å². The minimum absolute atomic E-state index is 0.139. The number of aromatic nitrogens is 3. The van der Waals surface area contributed by atoms with Crippen LogP contribution >= 0.6 is 0 Å². The van der Waals surface area contributed by atoms with Crippen molar-refractivity contribution >= 4 is 12.1 Å². The molecule has 8 heteroatoms. The molecule has 0 aliphatic heterocycles. The van der Waals surface area contributed by atoms with Crippen molar-refractivity contribution in [2.24, 2.45) is 12.1 Å². The van der Waals surface area contributed by atoms with Gasteiger partial charge in [0.05, 0.1) is 17.6 Å². The second-order valence-corrected chi connectivity index (χ2v) is 5.95. The summed E-state index contributed by atoms with van der Waals surface area (Å²) in [6, 6.07) is 13.9. The van der Waals surface area contributed by atoms with Crippen LogP contribution in [0, 0.1) is 6.92 Å². The van der Waals surface area contributed by atoms with Crippen molar-refractivity contribution in [2.75, 3.05) is 0 Å². The third-order valence-electron chi connectivity index (χ3n) is 4.14. The molecule has 2 heterocycles. The summed E-state index contributed by atoms with van der Waals surface area (Å²) in [5.74, 6) is -0.440. The van der Waals surface area contributed by atoms with Crippen molar-refractivity contribution in [3.8, 4) is 5.69 Å². The first-order chi connectivity index (χ1) is 13.0. The number of para-hydroxylation sites is 1. The van der Waals surface area contributed by atoms with Gasteiger partial charge in [0.2, 0.25) is 0 Å². The zero-order valence-electron chi connectivity index (χ0n) is 15.0. The Morgan fingerprint density at radius 2 is 1.81 bits per heavy atom. The average molecular weight is 365 g/mol.